The van der Waals surface area contributed by atoms with Crippen molar-refractivity contribution in [2.24, 2.45) is 17.8 Å². The van der Waals surface area contributed by atoms with Crippen molar-refractivity contribution < 1.29 is 14.3 Å². The van der Waals surface area contributed by atoms with Gasteiger partial charge >= 0.3 is 0 Å². The third-order valence-corrected chi connectivity index (χ3v) is 7.32. The molecule has 3 fully saturated rings. The lowest BCUT2D eigenvalue weighted by Gasteiger charge is -2.43. The van der Waals surface area contributed by atoms with E-state index in [-0.39, 0.29) is 23.3 Å². The molecular formula is C23H31N3O3. The molecule has 2 atom stereocenters. The Balaban J connectivity index is 1.26. The number of carbonyl (C=O) groups is 2. The van der Waals surface area contributed by atoms with Gasteiger partial charge in [0.15, 0.2) is 0 Å². The number of rotatable bonds is 3. The summed E-state index contributed by atoms with van der Waals surface area (Å²) < 4.78 is 5.56. The van der Waals surface area contributed by atoms with Gasteiger partial charge in [0, 0.05) is 56.2 Å². The molecule has 4 aliphatic rings. The lowest BCUT2D eigenvalue weighted by Crippen LogP contribution is -2.56. The highest BCUT2D eigenvalue weighted by atomic mass is 16.5. The zero-order valence-corrected chi connectivity index (χ0v) is 17.4. The average molecular weight is 398 g/mol. The van der Waals surface area contributed by atoms with Gasteiger partial charge < -0.3 is 19.9 Å². The van der Waals surface area contributed by atoms with E-state index >= 15 is 0 Å². The van der Waals surface area contributed by atoms with E-state index in [4.69, 9.17) is 4.74 Å². The van der Waals surface area contributed by atoms with Crippen LogP contribution in [0.3, 0.4) is 0 Å². The molecule has 0 unspecified atom stereocenters. The SMILES string of the molecule is CC(C)CN1C[C@H]2C(=O)NC3(CCN(C(=O)c4ccc5c(c4)CCO5)CC3)[C@H]2C1. The summed E-state index contributed by atoms with van der Waals surface area (Å²) >= 11 is 0. The zero-order valence-electron chi connectivity index (χ0n) is 17.4. The Bertz CT molecular complexity index is 829. The third kappa shape index (κ3) is 3.21. The molecule has 29 heavy (non-hydrogen) atoms. The van der Waals surface area contributed by atoms with Gasteiger partial charge in [0.2, 0.25) is 5.91 Å². The summed E-state index contributed by atoms with van der Waals surface area (Å²) in [5, 5.41) is 3.36. The van der Waals surface area contributed by atoms with Gasteiger partial charge in [0.1, 0.15) is 5.75 Å². The van der Waals surface area contributed by atoms with E-state index in [0.29, 0.717) is 31.5 Å². The molecule has 6 nitrogen and oxygen atoms in total. The predicted octanol–water partition coefficient (Wildman–Crippen LogP) is 1.93. The second-order valence-electron chi connectivity index (χ2n) is 9.68. The molecule has 0 bridgehead atoms. The van der Waals surface area contributed by atoms with Gasteiger partial charge in [-0.25, -0.2) is 0 Å². The molecule has 4 heterocycles. The summed E-state index contributed by atoms with van der Waals surface area (Å²) in [6.07, 6.45) is 2.59. The van der Waals surface area contributed by atoms with Gasteiger partial charge in [-0.1, -0.05) is 13.8 Å². The number of hydrogen-bond acceptors (Lipinski definition) is 4. The summed E-state index contributed by atoms with van der Waals surface area (Å²) in [6, 6.07) is 5.79. The summed E-state index contributed by atoms with van der Waals surface area (Å²) in [5.74, 6) is 2.34. The maximum absolute atomic E-state index is 13.1. The second kappa shape index (κ2) is 7.01. The smallest absolute Gasteiger partial charge is 0.253 e. The number of amides is 2. The molecule has 2 amide bonds. The molecule has 3 saturated heterocycles. The van der Waals surface area contributed by atoms with Crippen molar-refractivity contribution in [1.29, 1.82) is 0 Å². The number of nitrogens with zero attached hydrogens (tertiary/aromatic N) is 2. The Kier molecular flexibility index (Phi) is 4.57. The van der Waals surface area contributed by atoms with E-state index in [1.807, 2.05) is 23.1 Å². The van der Waals surface area contributed by atoms with Crippen LogP contribution in [0.15, 0.2) is 18.2 Å². The molecule has 0 saturated carbocycles. The Morgan fingerprint density at radius 1 is 1.28 bits per heavy atom. The molecule has 4 aliphatic heterocycles. The van der Waals surface area contributed by atoms with Crippen LogP contribution in [0.25, 0.3) is 0 Å². The molecule has 1 spiro atoms. The fourth-order valence-corrected chi connectivity index (χ4v) is 5.91. The highest BCUT2D eigenvalue weighted by Crippen LogP contribution is 2.44. The first kappa shape index (κ1) is 18.9. The third-order valence-electron chi connectivity index (χ3n) is 7.32. The van der Waals surface area contributed by atoms with E-state index in [9.17, 15) is 9.59 Å². The molecule has 5 rings (SSSR count). The summed E-state index contributed by atoms with van der Waals surface area (Å²) in [5.41, 5.74) is 1.75. The topological polar surface area (TPSA) is 61.9 Å². The fraction of sp³-hybridized carbons (Fsp3) is 0.652. The molecule has 1 N–H and O–H groups in total. The van der Waals surface area contributed by atoms with Crippen molar-refractivity contribution >= 4 is 11.8 Å². The average Bonchev–Trinajstić information content (AvgIpc) is 3.38. The number of nitrogens with one attached hydrogen (secondary N) is 1. The molecule has 1 aromatic rings. The largest absolute Gasteiger partial charge is 0.493 e. The number of hydrogen-bond donors (Lipinski definition) is 1. The van der Waals surface area contributed by atoms with Crippen molar-refractivity contribution in [2.75, 3.05) is 39.3 Å². The first-order valence-corrected chi connectivity index (χ1v) is 11.0. The Labute approximate surface area is 172 Å². The lowest BCUT2D eigenvalue weighted by atomic mass is 9.75. The number of fused-ring (bicyclic) bond motifs is 3. The highest BCUT2D eigenvalue weighted by molar-refractivity contribution is 5.95. The standard InChI is InChI=1S/C23H31N3O3/c1-15(2)12-25-13-18-19(14-25)23(24-21(18)27)6-8-26(9-7-23)22(28)17-3-4-20-16(11-17)5-10-29-20/h3-4,11,15,18-19H,5-10,12-14H2,1-2H3,(H,24,27)/t18-,19+/m1/s1. The van der Waals surface area contributed by atoms with Crippen LogP contribution in [-0.4, -0.2) is 66.5 Å². The number of piperidine rings is 1. The lowest BCUT2D eigenvalue weighted by molar-refractivity contribution is -0.123. The quantitative estimate of drug-likeness (QED) is 0.847. The Hall–Kier alpha value is -2.08. The van der Waals surface area contributed by atoms with E-state index in [1.54, 1.807) is 0 Å². The highest BCUT2D eigenvalue weighted by Gasteiger charge is 2.57. The number of benzene rings is 1. The van der Waals surface area contributed by atoms with Gasteiger partial charge in [-0.3, -0.25) is 9.59 Å². The van der Waals surface area contributed by atoms with E-state index < -0.39 is 0 Å². The maximum Gasteiger partial charge on any atom is 0.253 e. The minimum absolute atomic E-state index is 0.100. The van der Waals surface area contributed by atoms with Crippen LogP contribution in [0, 0.1) is 17.8 Å². The first-order valence-electron chi connectivity index (χ1n) is 11.0. The van der Waals surface area contributed by atoms with Crippen LogP contribution in [0.2, 0.25) is 0 Å². The summed E-state index contributed by atoms with van der Waals surface area (Å²) in [7, 11) is 0. The van der Waals surface area contributed by atoms with Crippen LogP contribution in [0.1, 0.15) is 42.6 Å². The van der Waals surface area contributed by atoms with Crippen LogP contribution in [-0.2, 0) is 11.2 Å². The minimum atomic E-state index is -0.129. The zero-order chi connectivity index (χ0) is 20.2. The van der Waals surface area contributed by atoms with Gasteiger partial charge in [-0.2, -0.15) is 0 Å². The van der Waals surface area contributed by atoms with Crippen LogP contribution in [0.4, 0.5) is 0 Å². The van der Waals surface area contributed by atoms with E-state index in [2.05, 4.69) is 24.1 Å². The van der Waals surface area contributed by atoms with Gasteiger partial charge in [-0.05, 0) is 42.5 Å². The van der Waals surface area contributed by atoms with Crippen LogP contribution < -0.4 is 10.1 Å². The van der Waals surface area contributed by atoms with Gasteiger partial charge in [0.05, 0.1) is 12.5 Å². The van der Waals surface area contributed by atoms with Crippen molar-refractivity contribution in [3.8, 4) is 5.75 Å². The fourth-order valence-electron chi connectivity index (χ4n) is 5.91. The maximum atomic E-state index is 13.1. The normalized spacial score (nSPS) is 27.8. The molecule has 156 valence electrons. The number of ether oxygens (including phenoxy) is 1. The van der Waals surface area contributed by atoms with Crippen molar-refractivity contribution in [2.45, 2.75) is 38.6 Å². The predicted molar refractivity (Wildman–Crippen MR) is 110 cm³/mol. The molecule has 1 aromatic carbocycles. The molecule has 0 radical (unpaired) electrons. The van der Waals surface area contributed by atoms with Gasteiger partial charge in [0.25, 0.3) is 5.91 Å². The monoisotopic (exact) mass is 397 g/mol. The Morgan fingerprint density at radius 3 is 2.83 bits per heavy atom. The van der Waals surface area contributed by atoms with Crippen molar-refractivity contribution in [3.05, 3.63) is 29.3 Å². The second-order valence-corrected chi connectivity index (χ2v) is 9.68. The summed E-state index contributed by atoms with van der Waals surface area (Å²) in [6.45, 7) is 9.54. The van der Waals surface area contributed by atoms with Crippen LogP contribution >= 0.6 is 0 Å². The van der Waals surface area contributed by atoms with Crippen LogP contribution in [0.5, 0.6) is 5.75 Å². The molecular weight excluding hydrogens is 366 g/mol. The van der Waals surface area contributed by atoms with E-state index in [1.165, 1.54) is 0 Å². The van der Waals surface area contributed by atoms with Crippen molar-refractivity contribution in [3.63, 3.8) is 0 Å². The number of carbonyl (C=O) groups excluding carboxylic acids is 2. The first-order chi connectivity index (χ1) is 13.9. The molecule has 0 aromatic heterocycles. The minimum Gasteiger partial charge on any atom is -0.493 e. The number of likely N-dealkylation sites (tertiary alicyclic amines) is 2. The molecule has 6 heteroatoms. The van der Waals surface area contributed by atoms with Crippen molar-refractivity contribution in [1.82, 2.24) is 15.1 Å². The van der Waals surface area contributed by atoms with Gasteiger partial charge in [-0.15, -0.1) is 0 Å². The molecule has 0 aliphatic carbocycles. The Morgan fingerprint density at radius 2 is 2.07 bits per heavy atom. The van der Waals surface area contributed by atoms with E-state index in [0.717, 1.165) is 55.8 Å². The summed E-state index contributed by atoms with van der Waals surface area (Å²) in [4.78, 5) is 30.2.